The molecule has 0 saturated carbocycles. The summed E-state index contributed by atoms with van der Waals surface area (Å²) in [5.74, 6) is 0.738. The number of hydrogen-bond donors (Lipinski definition) is 2. The molecule has 0 spiro atoms. The van der Waals surface area contributed by atoms with Crippen LogP contribution in [-0.2, 0) is 4.79 Å². The average molecular weight is 294 g/mol. The first-order valence-corrected chi connectivity index (χ1v) is 7.30. The van der Waals surface area contributed by atoms with Crippen molar-refractivity contribution in [3.05, 3.63) is 30.3 Å². The molecule has 1 aromatic carbocycles. The number of ether oxygens (including phenoxy) is 1. The summed E-state index contributed by atoms with van der Waals surface area (Å²) in [7, 11) is 0. The minimum atomic E-state index is -0.799. The van der Waals surface area contributed by atoms with Crippen LogP contribution in [0.4, 0.5) is 0 Å². The maximum Gasteiger partial charge on any atom is 0.234 e. The van der Waals surface area contributed by atoms with Gasteiger partial charge in [-0.3, -0.25) is 9.69 Å². The van der Waals surface area contributed by atoms with Crippen molar-refractivity contribution < 1.29 is 14.6 Å². The highest BCUT2D eigenvalue weighted by molar-refractivity contribution is 5.77. The fourth-order valence-corrected chi connectivity index (χ4v) is 1.96. The van der Waals surface area contributed by atoms with Gasteiger partial charge in [0.2, 0.25) is 5.91 Å². The molecule has 0 unspecified atom stereocenters. The monoisotopic (exact) mass is 294 g/mol. The van der Waals surface area contributed by atoms with Crippen LogP contribution in [0.3, 0.4) is 0 Å². The molecule has 0 radical (unpaired) electrons. The maximum absolute atomic E-state index is 11.8. The van der Waals surface area contributed by atoms with Crippen molar-refractivity contribution in [2.75, 3.05) is 32.8 Å². The van der Waals surface area contributed by atoms with Gasteiger partial charge in [-0.15, -0.1) is 0 Å². The summed E-state index contributed by atoms with van der Waals surface area (Å²) in [4.78, 5) is 13.7. The van der Waals surface area contributed by atoms with Crippen LogP contribution in [0, 0.1) is 0 Å². The molecule has 2 N–H and O–H groups in total. The van der Waals surface area contributed by atoms with E-state index in [-0.39, 0.29) is 12.5 Å². The lowest BCUT2D eigenvalue weighted by atomic mass is 10.1. The second-order valence-corrected chi connectivity index (χ2v) is 5.63. The summed E-state index contributed by atoms with van der Waals surface area (Å²) in [6.45, 7) is 7.82. The average Bonchev–Trinajstić information content (AvgIpc) is 2.42. The van der Waals surface area contributed by atoms with Crippen LogP contribution in [0.1, 0.15) is 20.8 Å². The first-order valence-electron chi connectivity index (χ1n) is 7.30. The molecule has 1 rings (SSSR count). The van der Waals surface area contributed by atoms with Gasteiger partial charge in [-0.2, -0.15) is 0 Å². The molecule has 1 aromatic rings. The van der Waals surface area contributed by atoms with Gasteiger partial charge in [0.1, 0.15) is 12.4 Å². The third-order valence-corrected chi connectivity index (χ3v) is 2.86. The van der Waals surface area contributed by atoms with Gasteiger partial charge in [0.25, 0.3) is 0 Å². The Morgan fingerprint density at radius 3 is 2.57 bits per heavy atom. The largest absolute Gasteiger partial charge is 0.492 e. The Morgan fingerprint density at radius 1 is 1.33 bits per heavy atom. The van der Waals surface area contributed by atoms with Crippen LogP contribution in [-0.4, -0.2) is 54.3 Å². The van der Waals surface area contributed by atoms with Gasteiger partial charge in [0.15, 0.2) is 0 Å². The molecule has 0 saturated heterocycles. The normalized spacial score (nSPS) is 11.5. The Bertz CT molecular complexity index is 415. The summed E-state index contributed by atoms with van der Waals surface area (Å²) < 4.78 is 5.50. The van der Waals surface area contributed by atoms with Crippen molar-refractivity contribution in [3.63, 3.8) is 0 Å². The maximum atomic E-state index is 11.8. The number of aliphatic hydroxyl groups is 1. The molecule has 0 aliphatic heterocycles. The molecular formula is C16H26N2O3. The van der Waals surface area contributed by atoms with E-state index in [4.69, 9.17) is 4.74 Å². The quantitative estimate of drug-likeness (QED) is 0.673. The Kier molecular flexibility index (Phi) is 7.19. The summed E-state index contributed by atoms with van der Waals surface area (Å²) in [5, 5.41) is 12.6. The van der Waals surface area contributed by atoms with Crippen LogP contribution < -0.4 is 10.1 Å². The van der Waals surface area contributed by atoms with Crippen LogP contribution in [0.15, 0.2) is 30.3 Å². The minimum absolute atomic E-state index is 0.0576. The van der Waals surface area contributed by atoms with Gasteiger partial charge in [-0.25, -0.2) is 0 Å². The number of hydrogen-bond acceptors (Lipinski definition) is 4. The molecule has 0 atom stereocenters. The molecule has 21 heavy (non-hydrogen) atoms. The molecule has 5 heteroatoms. The van der Waals surface area contributed by atoms with Crippen molar-refractivity contribution >= 4 is 5.91 Å². The second-order valence-electron chi connectivity index (χ2n) is 5.63. The van der Waals surface area contributed by atoms with Crippen LogP contribution in [0.25, 0.3) is 0 Å². The highest BCUT2D eigenvalue weighted by Gasteiger charge is 2.18. The number of carbonyl (C=O) groups is 1. The topological polar surface area (TPSA) is 61.8 Å². The first kappa shape index (κ1) is 17.5. The zero-order valence-corrected chi connectivity index (χ0v) is 13.1. The zero-order valence-electron chi connectivity index (χ0n) is 13.1. The highest BCUT2D eigenvalue weighted by Crippen LogP contribution is 2.07. The number of nitrogens with zero attached hydrogens (tertiary/aromatic N) is 1. The van der Waals surface area contributed by atoms with Crippen molar-refractivity contribution in [1.82, 2.24) is 10.2 Å². The number of amides is 1. The molecule has 0 fully saturated rings. The van der Waals surface area contributed by atoms with E-state index in [0.717, 1.165) is 12.3 Å². The van der Waals surface area contributed by atoms with E-state index in [1.165, 1.54) is 0 Å². The molecule has 0 bridgehead atoms. The number of nitrogens with one attached hydrogen (secondary N) is 1. The first-order chi connectivity index (χ1) is 9.90. The molecule has 0 aliphatic rings. The number of rotatable bonds is 9. The van der Waals surface area contributed by atoms with Crippen LogP contribution >= 0.6 is 0 Å². The van der Waals surface area contributed by atoms with Gasteiger partial charge in [0, 0.05) is 6.54 Å². The van der Waals surface area contributed by atoms with Crippen LogP contribution in [0.2, 0.25) is 0 Å². The summed E-state index contributed by atoms with van der Waals surface area (Å²) in [6, 6.07) is 9.50. The molecule has 0 heterocycles. The molecule has 5 nitrogen and oxygen atoms in total. The summed E-state index contributed by atoms with van der Waals surface area (Å²) in [6.07, 6.45) is 0. The predicted octanol–water partition coefficient (Wildman–Crippen LogP) is 1.27. The van der Waals surface area contributed by atoms with Crippen molar-refractivity contribution in [2.45, 2.75) is 26.4 Å². The van der Waals surface area contributed by atoms with E-state index >= 15 is 0 Å². The van der Waals surface area contributed by atoms with Crippen molar-refractivity contribution in [2.24, 2.45) is 0 Å². The lowest BCUT2D eigenvalue weighted by molar-refractivity contribution is -0.122. The molecule has 118 valence electrons. The summed E-state index contributed by atoms with van der Waals surface area (Å²) >= 11 is 0. The lowest BCUT2D eigenvalue weighted by Crippen LogP contribution is -2.44. The number of likely N-dealkylation sites (N-methyl/N-ethyl adjacent to an activating group) is 1. The third kappa shape index (κ3) is 8.32. The molecule has 0 aliphatic carbocycles. The third-order valence-electron chi connectivity index (χ3n) is 2.86. The number of benzene rings is 1. The molecular weight excluding hydrogens is 268 g/mol. The summed E-state index contributed by atoms with van der Waals surface area (Å²) in [5.41, 5.74) is -0.799. The van der Waals surface area contributed by atoms with Gasteiger partial charge < -0.3 is 15.2 Å². The van der Waals surface area contributed by atoms with E-state index in [0.29, 0.717) is 19.7 Å². The van der Waals surface area contributed by atoms with Crippen LogP contribution in [0.5, 0.6) is 5.75 Å². The molecule has 1 amide bonds. The predicted molar refractivity (Wildman–Crippen MR) is 83.4 cm³/mol. The highest BCUT2D eigenvalue weighted by atomic mass is 16.5. The van der Waals surface area contributed by atoms with E-state index in [9.17, 15) is 9.90 Å². The van der Waals surface area contributed by atoms with E-state index < -0.39 is 5.60 Å². The van der Waals surface area contributed by atoms with E-state index in [2.05, 4.69) is 5.32 Å². The Hall–Kier alpha value is -1.59. The fraction of sp³-hybridized carbons (Fsp3) is 0.562. The second kappa shape index (κ2) is 8.64. The fourth-order valence-electron chi connectivity index (χ4n) is 1.96. The Balaban J connectivity index is 2.21. The van der Waals surface area contributed by atoms with Gasteiger partial charge in [-0.05, 0) is 32.5 Å². The minimum Gasteiger partial charge on any atom is -0.492 e. The van der Waals surface area contributed by atoms with Gasteiger partial charge in [-0.1, -0.05) is 25.1 Å². The SMILES string of the molecule is CCN(CC(=O)NCCOc1ccccc1)CC(C)(C)O. The number of carbonyl (C=O) groups excluding carboxylic acids is 1. The zero-order chi connectivity index (χ0) is 15.7. The Morgan fingerprint density at radius 2 is 2.00 bits per heavy atom. The smallest absolute Gasteiger partial charge is 0.234 e. The Labute approximate surface area is 126 Å². The van der Waals surface area contributed by atoms with E-state index in [1.54, 1.807) is 13.8 Å². The number of para-hydroxylation sites is 1. The standard InChI is InChI=1S/C16H26N2O3/c1-4-18(13-16(2,3)20)12-15(19)17-10-11-21-14-8-6-5-7-9-14/h5-9,20H,4,10-13H2,1-3H3,(H,17,19). The van der Waals surface area contributed by atoms with Gasteiger partial charge in [0.05, 0.1) is 18.7 Å². The van der Waals surface area contributed by atoms with Crippen molar-refractivity contribution in [3.8, 4) is 5.75 Å². The van der Waals surface area contributed by atoms with Crippen molar-refractivity contribution in [1.29, 1.82) is 0 Å². The van der Waals surface area contributed by atoms with Gasteiger partial charge >= 0.3 is 0 Å². The lowest BCUT2D eigenvalue weighted by Gasteiger charge is -2.27. The molecule has 0 aromatic heterocycles. The van der Waals surface area contributed by atoms with E-state index in [1.807, 2.05) is 42.2 Å².